The lowest BCUT2D eigenvalue weighted by Crippen LogP contribution is -2.40. The molecule has 0 spiro atoms. The van der Waals surface area contributed by atoms with E-state index >= 15 is 0 Å². The molecule has 1 unspecified atom stereocenters. The van der Waals surface area contributed by atoms with Crippen LogP contribution in [0.1, 0.15) is 40.5 Å². The Morgan fingerprint density at radius 2 is 1.12 bits per heavy atom. The van der Waals surface area contributed by atoms with Gasteiger partial charge in [0.1, 0.15) is 0 Å². The summed E-state index contributed by atoms with van der Waals surface area (Å²) in [6, 6.07) is 25.6. The number of rotatable bonds is 2. The summed E-state index contributed by atoms with van der Waals surface area (Å²) in [5, 5.41) is -0.398. The minimum atomic E-state index is -3.38. The highest BCUT2D eigenvalue weighted by molar-refractivity contribution is 7.92. The summed E-state index contributed by atoms with van der Waals surface area (Å²) in [4.78, 5) is 0.433. The summed E-state index contributed by atoms with van der Waals surface area (Å²) in [7, 11) is -3.38. The van der Waals surface area contributed by atoms with Crippen LogP contribution in [0.4, 0.5) is 0 Å². The van der Waals surface area contributed by atoms with Crippen LogP contribution >= 0.6 is 0 Å². The molecule has 3 heteroatoms. The van der Waals surface area contributed by atoms with E-state index in [1.54, 1.807) is 24.3 Å². The first-order chi connectivity index (χ1) is 12.2. The van der Waals surface area contributed by atoms with Gasteiger partial charge >= 0.3 is 0 Å². The van der Waals surface area contributed by atoms with E-state index in [4.69, 9.17) is 0 Å². The lowest BCUT2D eigenvalue weighted by Gasteiger charge is -2.45. The third-order valence-electron chi connectivity index (χ3n) is 5.72. The highest BCUT2D eigenvalue weighted by atomic mass is 32.2. The molecule has 0 fully saturated rings. The zero-order valence-electron chi connectivity index (χ0n) is 13.7. The maximum absolute atomic E-state index is 13.4. The molecule has 1 atom stereocenters. The first kappa shape index (κ1) is 14.9. The lowest BCUT2D eigenvalue weighted by atomic mass is 9.63. The fourth-order valence-corrected chi connectivity index (χ4v) is 6.66. The van der Waals surface area contributed by atoms with Crippen LogP contribution in [-0.2, 0) is 9.84 Å². The van der Waals surface area contributed by atoms with Crippen LogP contribution in [0.2, 0.25) is 0 Å². The Balaban J connectivity index is 1.73. The molecule has 0 saturated carbocycles. The normalized spacial score (nSPS) is 23.8. The molecule has 0 amide bonds. The molecule has 2 nitrogen and oxygen atoms in total. The van der Waals surface area contributed by atoms with E-state index in [9.17, 15) is 8.42 Å². The average molecular weight is 346 g/mol. The van der Waals surface area contributed by atoms with Gasteiger partial charge in [-0.05, 0) is 40.8 Å². The van der Waals surface area contributed by atoms with E-state index in [1.807, 2.05) is 18.2 Å². The number of benzene rings is 3. The summed E-state index contributed by atoms with van der Waals surface area (Å²) in [5.41, 5.74) is 4.96. The maximum atomic E-state index is 13.4. The third-order valence-corrected chi connectivity index (χ3v) is 7.91. The molecule has 2 bridgehead atoms. The van der Waals surface area contributed by atoms with Gasteiger partial charge in [0.15, 0.2) is 9.84 Å². The Morgan fingerprint density at radius 1 is 0.640 bits per heavy atom. The van der Waals surface area contributed by atoms with E-state index < -0.39 is 15.1 Å². The van der Waals surface area contributed by atoms with Gasteiger partial charge in [0.05, 0.1) is 10.1 Å². The van der Waals surface area contributed by atoms with Crippen LogP contribution < -0.4 is 0 Å². The fraction of sp³-hybridized carbons (Fsp3) is 0.182. The van der Waals surface area contributed by atoms with E-state index in [1.165, 1.54) is 22.3 Å². The smallest absolute Gasteiger partial charge is 0.182 e. The van der Waals surface area contributed by atoms with Crippen molar-refractivity contribution in [3.05, 3.63) is 101 Å². The first-order valence-corrected chi connectivity index (χ1v) is 10.2. The molecular weight excluding hydrogens is 328 g/mol. The molecule has 0 heterocycles. The Kier molecular flexibility index (Phi) is 3.16. The summed E-state index contributed by atoms with van der Waals surface area (Å²) in [6.07, 6.45) is 0.663. The molecule has 0 N–H and O–H groups in total. The molecule has 3 aromatic carbocycles. The minimum absolute atomic E-state index is 0.0809. The SMILES string of the molecule is O=S(=O)(c1ccccc1)C1CC2c3ccccc3C1c1ccccc12. The molecule has 0 aliphatic heterocycles. The van der Waals surface area contributed by atoms with Gasteiger partial charge in [-0.2, -0.15) is 0 Å². The second-order valence-corrected chi connectivity index (χ2v) is 9.09. The molecule has 0 aromatic heterocycles. The van der Waals surface area contributed by atoms with Crippen molar-refractivity contribution in [2.45, 2.75) is 28.4 Å². The standard InChI is InChI=1S/C22H18O2S/c23-25(24,15-8-2-1-3-9-15)21-14-20-16-10-4-6-12-18(16)22(21)19-13-7-5-11-17(19)20/h1-13,20-22H,14H2. The van der Waals surface area contributed by atoms with Crippen LogP contribution in [0, 0.1) is 0 Å². The van der Waals surface area contributed by atoms with Crippen molar-refractivity contribution in [1.82, 2.24) is 0 Å². The van der Waals surface area contributed by atoms with Gasteiger partial charge in [0.25, 0.3) is 0 Å². The van der Waals surface area contributed by atoms with E-state index in [0.717, 1.165) is 0 Å². The molecule has 124 valence electrons. The van der Waals surface area contributed by atoms with Crippen molar-refractivity contribution >= 4 is 9.84 Å². The summed E-state index contributed by atoms with van der Waals surface area (Å²) in [5.74, 6) is 0.0866. The van der Waals surface area contributed by atoms with Crippen molar-refractivity contribution in [1.29, 1.82) is 0 Å². The molecule has 6 rings (SSSR count). The van der Waals surface area contributed by atoms with Gasteiger partial charge in [-0.3, -0.25) is 0 Å². The van der Waals surface area contributed by atoms with Gasteiger partial charge in [-0.1, -0.05) is 66.7 Å². The Hall–Kier alpha value is -2.39. The van der Waals surface area contributed by atoms with Crippen molar-refractivity contribution in [2.24, 2.45) is 0 Å². The zero-order valence-corrected chi connectivity index (χ0v) is 14.5. The first-order valence-electron chi connectivity index (χ1n) is 8.64. The highest BCUT2D eigenvalue weighted by Gasteiger charge is 2.48. The van der Waals surface area contributed by atoms with E-state index in [0.29, 0.717) is 11.3 Å². The largest absolute Gasteiger partial charge is 0.223 e. The average Bonchev–Trinajstić information content (AvgIpc) is 2.68. The van der Waals surface area contributed by atoms with Crippen LogP contribution in [-0.4, -0.2) is 13.7 Å². The van der Waals surface area contributed by atoms with E-state index in [2.05, 4.69) is 36.4 Å². The Labute approximate surface area is 148 Å². The van der Waals surface area contributed by atoms with E-state index in [-0.39, 0.29) is 11.8 Å². The van der Waals surface area contributed by atoms with Gasteiger partial charge in [-0.15, -0.1) is 0 Å². The molecular formula is C22H18O2S. The molecule has 3 aliphatic carbocycles. The van der Waals surface area contributed by atoms with Crippen LogP contribution in [0.3, 0.4) is 0 Å². The van der Waals surface area contributed by atoms with Crippen molar-refractivity contribution < 1.29 is 8.42 Å². The number of fused-ring (bicyclic) bond motifs is 1. The molecule has 3 aromatic rings. The highest BCUT2D eigenvalue weighted by Crippen LogP contribution is 2.55. The van der Waals surface area contributed by atoms with Crippen LogP contribution in [0.25, 0.3) is 0 Å². The second-order valence-electron chi connectivity index (χ2n) is 6.92. The van der Waals surface area contributed by atoms with Gasteiger partial charge in [-0.25, -0.2) is 8.42 Å². The van der Waals surface area contributed by atoms with Crippen molar-refractivity contribution in [2.75, 3.05) is 0 Å². The third kappa shape index (κ3) is 2.05. The second kappa shape index (κ2) is 5.30. The Morgan fingerprint density at radius 3 is 1.68 bits per heavy atom. The maximum Gasteiger partial charge on any atom is 0.182 e. The van der Waals surface area contributed by atoms with Crippen LogP contribution in [0.15, 0.2) is 83.8 Å². The number of hydrogen-bond acceptors (Lipinski definition) is 2. The van der Waals surface area contributed by atoms with Gasteiger partial charge in [0, 0.05) is 11.8 Å². The van der Waals surface area contributed by atoms with Crippen LogP contribution in [0.5, 0.6) is 0 Å². The molecule has 3 aliphatic rings. The van der Waals surface area contributed by atoms with Gasteiger partial charge < -0.3 is 0 Å². The lowest BCUT2D eigenvalue weighted by molar-refractivity contribution is 0.492. The predicted molar refractivity (Wildman–Crippen MR) is 98.6 cm³/mol. The quantitative estimate of drug-likeness (QED) is 0.684. The minimum Gasteiger partial charge on any atom is -0.223 e. The molecule has 25 heavy (non-hydrogen) atoms. The van der Waals surface area contributed by atoms with Crippen molar-refractivity contribution in [3.8, 4) is 0 Å². The van der Waals surface area contributed by atoms with Crippen molar-refractivity contribution in [3.63, 3.8) is 0 Å². The monoisotopic (exact) mass is 346 g/mol. The summed E-state index contributed by atoms with van der Waals surface area (Å²) in [6.45, 7) is 0. The number of sulfone groups is 1. The fourth-order valence-electron chi connectivity index (χ4n) is 4.67. The zero-order chi connectivity index (χ0) is 17.0. The van der Waals surface area contributed by atoms with Gasteiger partial charge in [0.2, 0.25) is 0 Å². The molecule has 0 radical (unpaired) electrons. The summed E-state index contributed by atoms with van der Waals surface area (Å²) < 4.78 is 26.8. The number of hydrogen-bond donors (Lipinski definition) is 0. The Bertz CT molecular complexity index is 1010. The summed E-state index contributed by atoms with van der Waals surface area (Å²) >= 11 is 0. The predicted octanol–water partition coefficient (Wildman–Crippen LogP) is 4.51. The topological polar surface area (TPSA) is 34.1 Å². The molecule has 0 saturated heterocycles.